The Morgan fingerprint density at radius 1 is 1.42 bits per heavy atom. The van der Waals surface area contributed by atoms with E-state index in [1.54, 1.807) is 6.07 Å². The summed E-state index contributed by atoms with van der Waals surface area (Å²) in [5.74, 6) is -0.104. The van der Waals surface area contributed by atoms with Crippen molar-refractivity contribution in [3.05, 3.63) is 46.3 Å². The highest BCUT2D eigenvalue weighted by molar-refractivity contribution is 5.97. The number of carbonyl (C=O) groups excluding carboxylic acids is 1. The highest BCUT2D eigenvalue weighted by atomic mass is 16.2. The second-order valence-corrected chi connectivity index (χ2v) is 5.39. The minimum atomic E-state index is -0.499. The van der Waals surface area contributed by atoms with E-state index in [2.05, 4.69) is 21.9 Å². The van der Waals surface area contributed by atoms with Crippen LogP contribution < -0.4 is 5.32 Å². The molecule has 1 amide bonds. The van der Waals surface area contributed by atoms with Crippen molar-refractivity contribution in [2.24, 2.45) is 10.5 Å². The van der Waals surface area contributed by atoms with Gasteiger partial charge in [0, 0.05) is 27.3 Å². The van der Waals surface area contributed by atoms with Crippen LogP contribution in [0.2, 0.25) is 0 Å². The summed E-state index contributed by atoms with van der Waals surface area (Å²) in [6, 6.07) is 5.49. The molecule has 100 valence electrons. The second kappa shape index (κ2) is 5.59. The molecule has 0 radical (unpaired) electrons. The fourth-order valence-electron chi connectivity index (χ4n) is 1.43. The predicted octanol–water partition coefficient (Wildman–Crippen LogP) is 4.26. The van der Waals surface area contributed by atoms with Gasteiger partial charge in [-0.05, 0) is 24.1 Å². The van der Waals surface area contributed by atoms with Crippen LogP contribution in [0.1, 0.15) is 31.9 Å². The van der Waals surface area contributed by atoms with Crippen molar-refractivity contribution >= 4 is 17.3 Å². The Bertz CT molecular complexity index is 563. The van der Waals surface area contributed by atoms with Gasteiger partial charge in [0.15, 0.2) is 0 Å². The van der Waals surface area contributed by atoms with E-state index in [0.29, 0.717) is 11.3 Å². The van der Waals surface area contributed by atoms with Gasteiger partial charge in [0.1, 0.15) is 0 Å². The van der Waals surface area contributed by atoms with E-state index < -0.39 is 5.41 Å². The predicted molar refractivity (Wildman–Crippen MR) is 77.4 cm³/mol. The molecule has 5 nitrogen and oxygen atoms in total. The number of hydrogen-bond acceptors (Lipinski definition) is 2. The van der Waals surface area contributed by atoms with Gasteiger partial charge >= 0.3 is 0 Å². The van der Waals surface area contributed by atoms with Crippen LogP contribution >= 0.6 is 0 Å². The molecular weight excluding hydrogens is 240 g/mol. The van der Waals surface area contributed by atoms with Gasteiger partial charge < -0.3 is 5.32 Å². The number of hydrogen-bond donors (Lipinski definition) is 1. The lowest BCUT2D eigenvalue weighted by atomic mass is 9.95. The highest BCUT2D eigenvalue weighted by Crippen LogP contribution is 2.27. The number of azide groups is 1. The molecular formula is C14H18N4O. The Hall–Kier alpha value is -2.26. The summed E-state index contributed by atoms with van der Waals surface area (Å²) in [7, 11) is 0. The van der Waals surface area contributed by atoms with E-state index in [0.717, 1.165) is 5.56 Å². The van der Waals surface area contributed by atoms with Gasteiger partial charge in [-0.15, -0.1) is 0 Å². The zero-order valence-corrected chi connectivity index (χ0v) is 11.7. The molecule has 5 heteroatoms. The first kappa shape index (κ1) is 14.8. The third-order valence-electron chi connectivity index (χ3n) is 2.58. The number of amides is 1. The molecule has 0 atom stereocenters. The first-order valence-electron chi connectivity index (χ1n) is 5.92. The molecule has 1 aromatic carbocycles. The number of carbonyl (C=O) groups is 1. The van der Waals surface area contributed by atoms with Gasteiger partial charge in [-0.25, -0.2) is 0 Å². The number of anilines is 1. The number of nitrogens with one attached hydrogen (secondary N) is 1. The van der Waals surface area contributed by atoms with Gasteiger partial charge in [-0.2, -0.15) is 0 Å². The van der Waals surface area contributed by atoms with Crippen LogP contribution in [0.4, 0.5) is 5.69 Å². The summed E-state index contributed by atoms with van der Waals surface area (Å²) in [5, 5.41) is 6.34. The van der Waals surface area contributed by atoms with Crippen molar-refractivity contribution in [2.75, 3.05) is 5.32 Å². The third-order valence-corrected chi connectivity index (χ3v) is 2.58. The molecule has 0 fully saturated rings. The summed E-state index contributed by atoms with van der Waals surface area (Å²) in [5.41, 5.74) is 10.5. The summed E-state index contributed by atoms with van der Waals surface area (Å²) in [6.07, 6.45) is 0. The van der Waals surface area contributed by atoms with Crippen molar-refractivity contribution in [1.82, 2.24) is 0 Å². The van der Waals surface area contributed by atoms with Gasteiger partial charge in [0.05, 0.1) is 0 Å². The molecule has 19 heavy (non-hydrogen) atoms. The minimum Gasteiger partial charge on any atom is -0.325 e. The topological polar surface area (TPSA) is 77.9 Å². The Morgan fingerprint density at radius 2 is 2.05 bits per heavy atom. The molecule has 1 rings (SSSR count). The smallest absolute Gasteiger partial charge is 0.229 e. The zero-order chi connectivity index (χ0) is 14.6. The maximum Gasteiger partial charge on any atom is 0.229 e. The maximum absolute atomic E-state index is 12.0. The molecule has 0 saturated carbocycles. The Kier molecular flexibility index (Phi) is 4.35. The average molecular weight is 258 g/mol. The minimum absolute atomic E-state index is 0.104. The van der Waals surface area contributed by atoms with Crippen LogP contribution in [0.25, 0.3) is 16.1 Å². The van der Waals surface area contributed by atoms with Gasteiger partial charge in [-0.3, -0.25) is 4.79 Å². The molecule has 0 unspecified atom stereocenters. The van der Waals surface area contributed by atoms with Gasteiger partial charge in [0.2, 0.25) is 5.91 Å². The third kappa shape index (κ3) is 3.86. The molecule has 0 spiro atoms. The van der Waals surface area contributed by atoms with E-state index in [1.807, 2.05) is 39.8 Å². The first-order chi connectivity index (χ1) is 8.75. The van der Waals surface area contributed by atoms with E-state index in [4.69, 9.17) is 5.53 Å². The summed E-state index contributed by atoms with van der Waals surface area (Å²) in [4.78, 5) is 14.7. The maximum atomic E-state index is 12.0. The Balaban J connectivity index is 3.18. The Morgan fingerprint density at radius 3 is 2.58 bits per heavy atom. The van der Waals surface area contributed by atoms with E-state index >= 15 is 0 Å². The summed E-state index contributed by atoms with van der Waals surface area (Å²) >= 11 is 0. The van der Waals surface area contributed by atoms with Crippen molar-refractivity contribution in [2.45, 2.75) is 27.7 Å². The lowest BCUT2D eigenvalue weighted by Crippen LogP contribution is -2.28. The lowest BCUT2D eigenvalue weighted by Gasteiger charge is -2.19. The quantitative estimate of drug-likeness (QED) is 0.490. The molecule has 0 aliphatic carbocycles. The van der Waals surface area contributed by atoms with Crippen LogP contribution in [-0.2, 0) is 4.79 Å². The number of benzene rings is 1. The summed E-state index contributed by atoms with van der Waals surface area (Å²) in [6.45, 7) is 11.1. The van der Waals surface area contributed by atoms with E-state index in [9.17, 15) is 4.79 Å². The molecule has 1 aromatic rings. The molecule has 0 heterocycles. The molecule has 0 aromatic heterocycles. The van der Waals surface area contributed by atoms with Gasteiger partial charge in [-0.1, -0.05) is 44.6 Å². The number of rotatable bonds is 3. The van der Waals surface area contributed by atoms with E-state index in [-0.39, 0.29) is 11.6 Å². The fraction of sp³-hybridized carbons (Fsp3) is 0.357. The van der Waals surface area contributed by atoms with Crippen LogP contribution in [0.15, 0.2) is 29.9 Å². The number of aryl methyl sites for hydroxylation is 1. The standard InChI is InChI=1S/C14H18N4O/c1-9-6-7-11(10(2)17-18-15)12(8-9)16-13(19)14(3,4)5/h6-8H,2H2,1,3-5H3,(H,16,19). The lowest BCUT2D eigenvalue weighted by molar-refractivity contribution is -0.123. The number of nitrogens with zero attached hydrogens (tertiary/aromatic N) is 3. The normalized spacial score (nSPS) is 10.5. The van der Waals surface area contributed by atoms with Gasteiger partial charge in [0.25, 0.3) is 0 Å². The van der Waals surface area contributed by atoms with Crippen molar-refractivity contribution in [3.8, 4) is 0 Å². The molecule has 0 aliphatic heterocycles. The summed E-state index contributed by atoms with van der Waals surface area (Å²) < 4.78 is 0. The zero-order valence-electron chi connectivity index (χ0n) is 11.7. The van der Waals surface area contributed by atoms with Crippen molar-refractivity contribution in [1.29, 1.82) is 0 Å². The van der Waals surface area contributed by atoms with Crippen LogP contribution in [0.5, 0.6) is 0 Å². The average Bonchev–Trinajstić information content (AvgIpc) is 2.28. The monoisotopic (exact) mass is 258 g/mol. The van der Waals surface area contributed by atoms with E-state index in [1.165, 1.54) is 0 Å². The largest absolute Gasteiger partial charge is 0.325 e. The highest BCUT2D eigenvalue weighted by Gasteiger charge is 2.22. The van der Waals surface area contributed by atoms with Crippen LogP contribution in [-0.4, -0.2) is 5.91 Å². The molecule has 0 bridgehead atoms. The molecule has 0 saturated heterocycles. The Labute approximate surface area is 113 Å². The SMILES string of the molecule is C=C(N=[N+]=[N-])c1ccc(C)cc1NC(=O)C(C)(C)C. The molecule has 1 N–H and O–H groups in total. The molecule has 0 aliphatic rings. The van der Waals surface area contributed by atoms with Crippen molar-refractivity contribution < 1.29 is 4.79 Å². The van der Waals surface area contributed by atoms with Crippen LogP contribution in [0, 0.1) is 12.3 Å². The van der Waals surface area contributed by atoms with Crippen molar-refractivity contribution in [3.63, 3.8) is 0 Å². The second-order valence-electron chi connectivity index (χ2n) is 5.39. The first-order valence-corrected chi connectivity index (χ1v) is 5.92. The van der Waals surface area contributed by atoms with Crippen LogP contribution in [0.3, 0.4) is 0 Å². The fourth-order valence-corrected chi connectivity index (χ4v) is 1.43.